The minimum atomic E-state index is -0.422. The van der Waals surface area contributed by atoms with Gasteiger partial charge in [0.2, 0.25) is 5.88 Å². The number of morpholine rings is 1. The van der Waals surface area contributed by atoms with Crippen LogP contribution in [0.15, 0.2) is 72.1 Å². The summed E-state index contributed by atoms with van der Waals surface area (Å²) in [6, 6.07) is 22.4. The van der Waals surface area contributed by atoms with Crippen molar-refractivity contribution >= 4 is 27.5 Å². The number of ether oxygens (including phenoxy) is 3. The minimum Gasteiger partial charge on any atom is -0.497 e. The Hall–Kier alpha value is -4.28. The van der Waals surface area contributed by atoms with Crippen molar-refractivity contribution in [3.05, 3.63) is 83.2 Å². The van der Waals surface area contributed by atoms with Crippen molar-refractivity contribution in [1.29, 1.82) is 5.26 Å². The van der Waals surface area contributed by atoms with E-state index >= 15 is 0 Å². The van der Waals surface area contributed by atoms with Crippen molar-refractivity contribution in [3.8, 4) is 17.6 Å². The van der Waals surface area contributed by atoms with Gasteiger partial charge in [-0.2, -0.15) is 5.26 Å². The van der Waals surface area contributed by atoms with E-state index < -0.39 is 5.92 Å². The maximum absolute atomic E-state index is 10.2. The molecule has 0 amide bonds. The monoisotopic (exact) mass is 464 g/mol. The smallest absolute Gasteiger partial charge is 0.205 e. The maximum Gasteiger partial charge on any atom is 0.205 e. The Morgan fingerprint density at radius 2 is 1.86 bits per heavy atom. The lowest BCUT2D eigenvalue weighted by atomic mass is 9.82. The van der Waals surface area contributed by atoms with Crippen LogP contribution in [0.1, 0.15) is 17.0 Å². The first-order valence-electron chi connectivity index (χ1n) is 11.6. The molecule has 1 fully saturated rings. The van der Waals surface area contributed by atoms with E-state index in [1.54, 1.807) is 7.11 Å². The van der Waals surface area contributed by atoms with Gasteiger partial charge in [-0.25, -0.2) is 4.98 Å². The summed E-state index contributed by atoms with van der Waals surface area (Å²) in [5, 5.41) is 13.1. The average Bonchev–Trinajstić information content (AvgIpc) is 2.91. The second-order valence-electron chi connectivity index (χ2n) is 8.69. The lowest BCUT2D eigenvalue weighted by Crippen LogP contribution is -2.38. The van der Waals surface area contributed by atoms with E-state index in [1.807, 2.05) is 48.5 Å². The third-order valence-corrected chi connectivity index (χ3v) is 6.76. The van der Waals surface area contributed by atoms with Crippen LogP contribution >= 0.6 is 0 Å². The Morgan fingerprint density at radius 3 is 2.66 bits per heavy atom. The van der Waals surface area contributed by atoms with Crippen LogP contribution in [0, 0.1) is 11.3 Å². The summed E-state index contributed by atoms with van der Waals surface area (Å²) in [4.78, 5) is 7.31. The summed E-state index contributed by atoms with van der Waals surface area (Å²) in [7, 11) is 1.65. The maximum atomic E-state index is 10.2. The topological polar surface area (TPSA) is 93.6 Å². The molecule has 0 aliphatic carbocycles. The number of rotatable bonds is 3. The molecule has 1 unspecified atom stereocenters. The number of benzene rings is 3. The van der Waals surface area contributed by atoms with E-state index in [2.05, 4.69) is 23.1 Å². The van der Waals surface area contributed by atoms with Crippen LogP contribution < -0.4 is 20.1 Å². The Balaban J connectivity index is 1.64. The average molecular weight is 465 g/mol. The summed E-state index contributed by atoms with van der Waals surface area (Å²) >= 11 is 0. The molecular formula is C28H24N4O3. The SMILES string of the molecule is COc1ccc2nc(N3CCOCC3)c(C3C(C#N)=C(N)Oc4c3ccc3ccccc43)cc2c1. The van der Waals surface area contributed by atoms with Crippen molar-refractivity contribution in [2.24, 2.45) is 5.73 Å². The fourth-order valence-corrected chi connectivity index (χ4v) is 5.04. The highest BCUT2D eigenvalue weighted by Gasteiger charge is 2.35. The molecule has 1 saturated heterocycles. The number of nitrogens with zero attached hydrogens (tertiary/aromatic N) is 3. The number of nitriles is 1. The van der Waals surface area contributed by atoms with Gasteiger partial charge in [-0.1, -0.05) is 36.4 Å². The van der Waals surface area contributed by atoms with E-state index in [1.165, 1.54) is 0 Å². The van der Waals surface area contributed by atoms with Crippen molar-refractivity contribution in [1.82, 2.24) is 4.98 Å². The predicted molar refractivity (Wildman–Crippen MR) is 135 cm³/mol. The number of nitrogens with two attached hydrogens (primary N) is 1. The molecule has 2 aliphatic rings. The zero-order valence-corrected chi connectivity index (χ0v) is 19.3. The number of hydrogen-bond acceptors (Lipinski definition) is 7. The van der Waals surface area contributed by atoms with Gasteiger partial charge in [0.25, 0.3) is 0 Å². The van der Waals surface area contributed by atoms with E-state index in [4.69, 9.17) is 24.9 Å². The molecule has 2 N–H and O–H groups in total. The van der Waals surface area contributed by atoms with E-state index in [0.29, 0.717) is 24.5 Å². The summed E-state index contributed by atoms with van der Waals surface area (Å²) in [6.07, 6.45) is 0. The molecule has 6 rings (SSSR count). The van der Waals surface area contributed by atoms with Crippen molar-refractivity contribution in [2.75, 3.05) is 38.3 Å². The van der Waals surface area contributed by atoms with Crippen LogP contribution in [0.4, 0.5) is 5.82 Å². The van der Waals surface area contributed by atoms with Crippen LogP contribution in [0.2, 0.25) is 0 Å². The van der Waals surface area contributed by atoms with Crippen LogP contribution in [0.25, 0.3) is 21.7 Å². The highest BCUT2D eigenvalue weighted by Crippen LogP contribution is 2.48. The molecule has 0 spiro atoms. The number of hydrogen-bond donors (Lipinski definition) is 1. The molecule has 35 heavy (non-hydrogen) atoms. The molecule has 174 valence electrons. The molecule has 1 atom stereocenters. The Bertz CT molecular complexity index is 1530. The predicted octanol–water partition coefficient (Wildman–Crippen LogP) is 4.45. The molecule has 3 heterocycles. The zero-order valence-electron chi connectivity index (χ0n) is 19.3. The first kappa shape index (κ1) is 21.3. The number of aromatic nitrogens is 1. The van der Waals surface area contributed by atoms with Gasteiger partial charge in [-0.05, 0) is 29.7 Å². The Morgan fingerprint density at radius 1 is 1.03 bits per heavy atom. The first-order valence-corrected chi connectivity index (χ1v) is 11.6. The van der Waals surface area contributed by atoms with Crippen molar-refractivity contribution < 1.29 is 14.2 Å². The Labute approximate surface area is 202 Å². The molecule has 4 aromatic rings. The third-order valence-electron chi connectivity index (χ3n) is 6.76. The quantitative estimate of drug-likeness (QED) is 0.479. The van der Waals surface area contributed by atoms with Gasteiger partial charge in [-0.3, -0.25) is 0 Å². The fraction of sp³-hybridized carbons (Fsp3) is 0.214. The highest BCUT2D eigenvalue weighted by atomic mass is 16.5. The Kier molecular flexibility index (Phi) is 5.16. The van der Waals surface area contributed by atoms with Crippen LogP contribution in [-0.2, 0) is 4.74 Å². The second kappa shape index (κ2) is 8.49. The van der Waals surface area contributed by atoms with E-state index in [-0.39, 0.29) is 5.88 Å². The number of allylic oxidation sites excluding steroid dienone is 1. The first-order chi connectivity index (χ1) is 17.2. The van der Waals surface area contributed by atoms with Crippen LogP contribution in [-0.4, -0.2) is 38.4 Å². The normalized spacial score (nSPS) is 17.7. The second-order valence-corrected chi connectivity index (χ2v) is 8.69. The van der Waals surface area contributed by atoms with Gasteiger partial charge in [0.1, 0.15) is 29.0 Å². The standard InChI is InChI=1S/C28H24N4O3/c1-33-19-7-9-24-18(14-19)15-22(28(31-24)32-10-12-34-13-11-32)25-21-8-6-17-4-2-3-5-20(17)26(21)35-27(30)23(25)16-29/h2-9,14-15,25H,10-13,30H2,1H3. The summed E-state index contributed by atoms with van der Waals surface area (Å²) in [5.74, 6) is 1.97. The minimum absolute atomic E-state index is 0.125. The molecular weight excluding hydrogens is 440 g/mol. The number of pyridine rings is 1. The van der Waals surface area contributed by atoms with E-state index in [9.17, 15) is 5.26 Å². The lowest BCUT2D eigenvalue weighted by Gasteiger charge is -2.33. The van der Waals surface area contributed by atoms with Gasteiger partial charge < -0.3 is 24.8 Å². The van der Waals surface area contributed by atoms with Crippen LogP contribution in [0.5, 0.6) is 11.5 Å². The summed E-state index contributed by atoms with van der Waals surface area (Å²) in [5.41, 5.74) is 9.42. The molecule has 2 aliphatic heterocycles. The summed E-state index contributed by atoms with van der Waals surface area (Å²) < 4.78 is 17.1. The molecule has 3 aromatic carbocycles. The molecule has 0 saturated carbocycles. The van der Waals surface area contributed by atoms with Gasteiger partial charge in [-0.15, -0.1) is 0 Å². The van der Waals surface area contributed by atoms with Crippen LogP contribution in [0.3, 0.4) is 0 Å². The zero-order chi connectivity index (χ0) is 23.9. The van der Waals surface area contributed by atoms with Gasteiger partial charge in [0.15, 0.2) is 0 Å². The number of fused-ring (bicyclic) bond motifs is 4. The van der Waals surface area contributed by atoms with Gasteiger partial charge >= 0.3 is 0 Å². The summed E-state index contributed by atoms with van der Waals surface area (Å²) in [6.45, 7) is 2.69. The van der Waals surface area contributed by atoms with Crippen molar-refractivity contribution in [3.63, 3.8) is 0 Å². The third kappa shape index (κ3) is 3.50. The number of methoxy groups -OCH3 is 1. The molecule has 0 bridgehead atoms. The molecule has 7 heteroatoms. The highest BCUT2D eigenvalue weighted by molar-refractivity contribution is 5.91. The molecule has 7 nitrogen and oxygen atoms in total. The number of anilines is 1. The van der Waals surface area contributed by atoms with Gasteiger partial charge in [0.05, 0.1) is 31.8 Å². The van der Waals surface area contributed by atoms with Crippen molar-refractivity contribution in [2.45, 2.75) is 5.92 Å². The largest absolute Gasteiger partial charge is 0.497 e. The molecule has 1 aromatic heterocycles. The fourth-order valence-electron chi connectivity index (χ4n) is 5.04. The lowest BCUT2D eigenvalue weighted by molar-refractivity contribution is 0.122. The molecule has 0 radical (unpaired) electrons. The van der Waals surface area contributed by atoms with Gasteiger partial charge in [0, 0.05) is 35.0 Å². The van der Waals surface area contributed by atoms with E-state index in [0.717, 1.165) is 57.5 Å².